The number of halogens is 2. The van der Waals surface area contributed by atoms with Crippen molar-refractivity contribution in [1.82, 2.24) is 29.4 Å². The quantitative estimate of drug-likeness (QED) is 0.368. The number of piperidine rings is 1. The lowest BCUT2D eigenvalue weighted by Crippen LogP contribution is -2.42. The Morgan fingerprint density at radius 1 is 1.08 bits per heavy atom. The fraction of sp³-hybridized carbons (Fsp3) is 0.444. The summed E-state index contributed by atoms with van der Waals surface area (Å²) in [6, 6.07) is 9.48. The van der Waals surface area contributed by atoms with Crippen molar-refractivity contribution in [3.63, 3.8) is 0 Å². The second kappa shape index (κ2) is 10.2. The van der Waals surface area contributed by atoms with E-state index >= 15 is 0 Å². The fourth-order valence-electron chi connectivity index (χ4n) is 5.29. The predicted molar refractivity (Wildman–Crippen MR) is 138 cm³/mol. The molecule has 10 heteroatoms. The Labute approximate surface area is 214 Å². The van der Waals surface area contributed by atoms with Crippen molar-refractivity contribution in [3.8, 4) is 0 Å². The second-order valence-electron chi connectivity index (χ2n) is 10.2. The van der Waals surface area contributed by atoms with E-state index in [1.807, 2.05) is 12.1 Å². The van der Waals surface area contributed by atoms with Gasteiger partial charge in [-0.25, -0.2) is 18.4 Å². The van der Waals surface area contributed by atoms with Crippen LogP contribution in [0.3, 0.4) is 0 Å². The number of aliphatic hydroxyl groups is 1. The monoisotopic (exact) mass is 509 g/mol. The van der Waals surface area contributed by atoms with Crippen molar-refractivity contribution in [2.45, 2.75) is 63.9 Å². The first-order chi connectivity index (χ1) is 17.7. The molecule has 1 aliphatic heterocycles. The van der Waals surface area contributed by atoms with Gasteiger partial charge in [0.25, 0.3) is 0 Å². The zero-order chi connectivity index (χ0) is 26.2. The molecule has 3 heterocycles. The van der Waals surface area contributed by atoms with Gasteiger partial charge >= 0.3 is 0 Å². The summed E-state index contributed by atoms with van der Waals surface area (Å²) in [5.41, 5.74) is -0.00454. The molecule has 0 unspecified atom stereocenters. The highest BCUT2D eigenvalue weighted by Crippen LogP contribution is 2.38. The van der Waals surface area contributed by atoms with Crippen LogP contribution in [0.2, 0.25) is 0 Å². The molecule has 1 fully saturated rings. The second-order valence-corrected chi connectivity index (χ2v) is 10.2. The van der Waals surface area contributed by atoms with E-state index in [0.717, 1.165) is 54.7 Å². The van der Waals surface area contributed by atoms with Crippen molar-refractivity contribution >= 4 is 16.6 Å². The Kier molecular flexibility index (Phi) is 6.96. The number of benzene rings is 2. The van der Waals surface area contributed by atoms with Gasteiger partial charge in [0.2, 0.25) is 0 Å². The zero-order valence-electron chi connectivity index (χ0n) is 21.4. The third-order valence-electron chi connectivity index (χ3n) is 7.55. The molecule has 2 N–H and O–H groups in total. The van der Waals surface area contributed by atoms with Gasteiger partial charge in [-0.1, -0.05) is 6.07 Å². The zero-order valence-corrected chi connectivity index (χ0v) is 21.4. The molecule has 0 bridgehead atoms. The van der Waals surface area contributed by atoms with Crippen LogP contribution in [0.4, 0.5) is 14.5 Å². The smallest absolute Gasteiger partial charge is 0.137 e. The van der Waals surface area contributed by atoms with Crippen LogP contribution < -0.4 is 5.32 Å². The molecule has 0 saturated carbocycles. The number of nitrogens with one attached hydrogen (secondary N) is 1. The van der Waals surface area contributed by atoms with E-state index in [1.54, 1.807) is 17.8 Å². The molecule has 0 amide bonds. The van der Waals surface area contributed by atoms with Crippen LogP contribution in [0.5, 0.6) is 0 Å². The molecule has 37 heavy (non-hydrogen) atoms. The minimum absolute atomic E-state index is 0.0356. The van der Waals surface area contributed by atoms with E-state index in [1.165, 1.54) is 23.4 Å². The summed E-state index contributed by atoms with van der Waals surface area (Å²) in [5, 5.41) is 25.1. The maximum atomic E-state index is 14.9. The Morgan fingerprint density at radius 3 is 2.54 bits per heavy atom. The minimum atomic E-state index is -1.79. The standard InChI is InChI=1S/C27H33F2N7O/c1-18(2)34-10-8-22(9-11-34)33-23-5-7-26-20(12-23)14-31-36(26)19(3)27(37,15-35-17-30-16-32-35)24-6-4-21(28)13-25(24)29/h4-7,12-14,16-19,22,33,37H,8-11,15H2,1-3H3/t19-,27-/m1/s1. The first-order valence-electron chi connectivity index (χ1n) is 12.7. The van der Waals surface area contributed by atoms with E-state index in [-0.39, 0.29) is 12.1 Å². The predicted octanol–water partition coefficient (Wildman–Crippen LogP) is 4.34. The number of hydrogen-bond donors (Lipinski definition) is 2. The van der Waals surface area contributed by atoms with E-state index in [9.17, 15) is 13.9 Å². The maximum Gasteiger partial charge on any atom is 0.137 e. The van der Waals surface area contributed by atoms with Crippen molar-refractivity contribution in [2.75, 3.05) is 18.4 Å². The Bertz CT molecular complexity index is 1350. The van der Waals surface area contributed by atoms with Crippen LogP contribution in [-0.4, -0.2) is 59.7 Å². The molecular weight excluding hydrogens is 476 g/mol. The van der Waals surface area contributed by atoms with Gasteiger partial charge in [-0.05, 0) is 57.9 Å². The third kappa shape index (κ3) is 5.08. The molecule has 4 aromatic rings. The number of rotatable bonds is 8. The first kappa shape index (κ1) is 25.3. The number of anilines is 1. The first-order valence-corrected chi connectivity index (χ1v) is 12.7. The molecule has 0 spiro atoms. The molecule has 196 valence electrons. The van der Waals surface area contributed by atoms with Crippen molar-refractivity contribution in [1.29, 1.82) is 0 Å². The normalized spacial score (nSPS) is 17.8. The number of aromatic nitrogens is 5. The lowest BCUT2D eigenvalue weighted by molar-refractivity contribution is -0.0354. The van der Waals surface area contributed by atoms with Gasteiger partial charge in [0.1, 0.15) is 29.9 Å². The van der Waals surface area contributed by atoms with E-state index < -0.39 is 23.3 Å². The molecule has 5 rings (SSSR count). The average molecular weight is 510 g/mol. The molecular formula is C27H33F2N7O. The number of fused-ring (bicyclic) bond motifs is 1. The summed E-state index contributed by atoms with van der Waals surface area (Å²) in [4.78, 5) is 6.43. The molecule has 1 aliphatic rings. The summed E-state index contributed by atoms with van der Waals surface area (Å²) < 4.78 is 31.7. The van der Waals surface area contributed by atoms with Crippen LogP contribution in [0, 0.1) is 11.6 Å². The summed E-state index contributed by atoms with van der Waals surface area (Å²) in [7, 11) is 0. The average Bonchev–Trinajstić information content (AvgIpc) is 3.53. The van der Waals surface area contributed by atoms with Gasteiger partial charge in [-0.2, -0.15) is 10.2 Å². The molecule has 2 aromatic carbocycles. The van der Waals surface area contributed by atoms with Crippen LogP contribution in [0.25, 0.3) is 10.9 Å². The highest BCUT2D eigenvalue weighted by molar-refractivity contribution is 5.82. The van der Waals surface area contributed by atoms with Crippen molar-refractivity contribution in [3.05, 3.63) is 72.4 Å². The molecule has 2 aromatic heterocycles. The maximum absolute atomic E-state index is 14.9. The number of nitrogens with zero attached hydrogens (tertiary/aromatic N) is 6. The van der Waals surface area contributed by atoms with Gasteiger partial charge < -0.3 is 15.3 Å². The highest BCUT2D eigenvalue weighted by Gasteiger charge is 2.41. The number of likely N-dealkylation sites (tertiary alicyclic amines) is 1. The fourth-order valence-corrected chi connectivity index (χ4v) is 5.29. The van der Waals surface area contributed by atoms with Gasteiger partial charge in [0.15, 0.2) is 0 Å². The molecule has 1 saturated heterocycles. The van der Waals surface area contributed by atoms with Crippen LogP contribution in [0.1, 0.15) is 45.2 Å². The SMILES string of the molecule is CC(C)N1CCC(Nc2ccc3c(cnn3[C@H](C)[C@](O)(Cn3cncn3)c3ccc(F)cc3F)c2)CC1. The summed E-state index contributed by atoms with van der Waals surface area (Å²) in [6.45, 7) is 8.30. The summed E-state index contributed by atoms with van der Waals surface area (Å²) in [6.07, 6.45) is 6.71. The largest absolute Gasteiger partial charge is 0.382 e. The third-order valence-corrected chi connectivity index (χ3v) is 7.55. The van der Waals surface area contributed by atoms with Crippen LogP contribution in [-0.2, 0) is 12.1 Å². The molecule has 0 radical (unpaired) electrons. The van der Waals surface area contributed by atoms with E-state index in [4.69, 9.17) is 0 Å². The van der Waals surface area contributed by atoms with Gasteiger partial charge in [0, 0.05) is 47.9 Å². The summed E-state index contributed by atoms with van der Waals surface area (Å²) >= 11 is 0. The molecule has 2 atom stereocenters. The molecule has 8 nitrogen and oxygen atoms in total. The lowest BCUT2D eigenvalue weighted by atomic mass is 9.86. The Morgan fingerprint density at radius 2 is 1.86 bits per heavy atom. The minimum Gasteiger partial charge on any atom is -0.382 e. The topological polar surface area (TPSA) is 84.0 Å². The molecule has 0 aliphatic carbocycles. The van der Waals surface area contributed by atoms with Crippen molar-refractivity contribution < 1.29 is 13.9 Å². The van der Waals surface area contributed by atoms with Crippen LogP contribution in [0.15, 0.2) is 55.2 Å². The van der Waals surface area contributed by atoms with Crippen LogP contribution >= 0.6 is 0 Å². The number of hydrogen-bond acceptors (Lipinski definition) is 6. The lowest BCUT2D eigenvalue weighted by Gasteiger charge is -2.35. The Balaban J connectivity index is 1.42. The van der Waals surface area contributed by atoms with Gasteiger partial charge in [-0.3, -0.25) is 4.68 Å². The van der Waals surface area contributed by atoms with E-state index in [0.29, 0.717) is 12.1 Å². The van der Waals surface area contributed by atoms with E-state index in [2.05, 4.69) is 45.3 Å². The summed E-state index contributed by atoms with van der Waals surface area (Å²) in [5.74, 6) is -1.54. The van der Waals surface area contributed by atoms with Gasteiger partial charge in [-0.15, -0.1) is 0 Å². The highest BCUT2D eigenvalue weighted by atomic mass is 19.1. The van der Waals surface area contributed by atoms with Crippen molar-refractivity contribution in [2.24, 2.45) is 0 Å². The Hall–Kier alpha value is -3.37. The van der Waals surface area contributed by atoms with Gasteiger partial charge in [0.05, 0.1) is 24.3 Å².